The minimum absolute atomic E-state index is 0.00463. The highest BCUT2D eigenvalue weighted by molar-refractivity contribution is 7.92. The average molecular weight is 488 g/mol. The summed E-state index contributed by atoms with van der Waals surface area (Å²) < 4.78 is 68.9. The number of amides is 2. The van der Waals surface area contributed by atoms with Crippen LogP contribution in [0.25, 0.3) is 0 Å². The van der Waals surface area contributed by atoms with Gasteiger partial charge in [0.05, 0.1) is 6.42 Å². The molecule has 13 heteroatoms. The number of likely N-dealkylation sites (tertiary alicyclic amines) is 1. The Morgan fingerprint density at radius 1 is 1.27 bits per heavy atom. The highest BCUT2D eigenvalue weighted by atomic mass is 32.2. The fraction of sp³-hybridized carbons (Fsp3) is 0.500. The van der Waals surface area contributed by atoms with E-state index in [1.807, 2.05) is 0 Å². The minimum atomic E-state index is -4.77. The van der Waals surface area contributed by atoms with Crippen molar-refractivity contribution in [2.45, 2.75) is 42.5 Å². The van der Waals surface area contributed by atoms with Gasteiger partial charge in [-0.1, -0.05) is 6.07 Å². The van der Waals surface area contributed by atoms with Gasteiger partial charge in [-0.3, -0.25) is 19.3 Å². The van der Waals surface area contributed by atoms with Crippen LogP contribution in [0.15, 0.2) is 29.4 Å². The van der Waals surface area contributed by atoms with E-state index in [0.29, 0.717) is 5.56 Å². The van der Waals surface area contributed by atoms with Crippen LogP contribution in [0.5, 0.6) is 0 Å². The molecule has 2 aromatic heterocycles. The highest BCUT2D eigenvalue weighted by Gasteiger charge is 2.50. The monoisotopic (exact) mass is 487 g/mol. The van der Waals surface area contributed by atoms with Crippen LogP contribution >= 0.6 is 0 Å². The molecule has 33 heavy (non-hydrogen) atoms. The van der Waals surface area contributed by atoms with Crippen LogP contribution in [0.2, 0.25) is 0 Å². The Kier molecular flexibility index (Phi) is 6.82. The number of hydrogen-bond acceptors (Lipinski definition) is 6. The van der Waals surface area contributed by atoms with Crippen molar-refractivity contribution in [2.24, 2.45) is 18.7 Å². The van der Waals surface area contributed by atoms with Crippen LogP contribution in [0, 0.1) is 5.92 Å². The molecule has 1 fully saturated rings. The molecule has 1 atom stereocenters. The lowest BCUT2D eigenvalue weighted by atomic mass is 9.92. The van der Waals surface area contributed by atoms with Gasteiger partial charge in [0, 0.05) is 38.4 Å². The van der Waals surface area contributed by atoms with Gasteiger partial charge in [-0.15, -0.1) is 0 Å². The molecule has 0 aliphatic carbocycles. The van der Waals surface area contributed by atoms with Crippen molar-refractivity contribution in [2.75, 3.05) is 13.1 Å². The molecule has 0 unspecified atom stereocenters. The van der Waals surface area contributed by atoms with E-state index in [9.17, 15) is 26.8 Å². The normalized spacial score (nSPS) is 17.2. The molecule has 0 aromatic carbocycles. The second-order valence-corrected chi connectivity index (χ2v) is 10.3. The van der Waals surface area contributed by atoms with E-state index in [2.05, 4.69) is 10.1 Å². The fourth-order valence-corrected chi connectivity index (χ4v) is 5.68. The molecule has 9 nitrogen and oxygen atoms in total. The number of hydrogen-bond donors (Lipinski definition) is 1. The number of halogens is 3. The van der Waals surface area contributed by atoms with Crippen LogP contribution in [-0.4, -0.2) is 58.0 Å². The largest absolute Gasteiger partial charge is 0.364 e. The Labute approximate surface area is 188 Å². The number of alkyl halides is 3. The molecular weight excluding hydrogens is 463 g/mol. The van der Waals surface area contributed by atoms with Crippen LogP contribution in [-0.2, 0) is 28.1 Å². The number of aromatic nitrogens is 3. The molecule has 0 spiro atoms. The zero-order chi connectivity index (χ0) is 24.6. The van der Waals surface area contributed by atoms with Gasteiger partial charge >= 0.3 is 0 Å². The summed E-state index contributed by atoms with van der Waals surface area (Å²) in [4.78, 5) is 28.2. The summed E-state index contributed by atoms with van der Waals surface area (Å²) in [5, 5.41) is 0.646. The zero-order valence-electron chi connectivity index (χ0n) is 18.0. The van der Waals surface area contributed by atoms with Gasteiger partial charge in [0.15, 0.2) is 0 Å². The van der Waals surface area contributed by atoms with E-state index in [0.717, 1.165) is 17.8 Å². The summed E-state index contributed by atoms with van der Waals surface area (Å²) in [6, 6.07) is 2.96. The third-order valence-corrected chi connectivity index (χ3v) is 8.13. The molecule has 0 radical (unpaired) electrons. The Hall–Kier alpha value is -2.96. The van der Waals surface area contributed by atoms with Crippen molar-refractivity contribution in [3.05, 3.63) is 41.5 Å². The first-order valence-electron chi connectivity index (χ1n) is 10.1. The van der Waals surface area contributed by atoms with E-state index >= 15 is 4.39 Å². The molecule has 1 aliphatic heterocycles. The number of aryl methyl sites for hydroxylation is 1. The fourth-order valence-electron chi connectivity index (χ4n) is 3.88. The summed E-state index contributed by atoms with van der Waals surface area (Å²) in [6.07, 6.45) is -0.842. The first kappa shape index (κ1) is 24.7. The Bertz CT molecular complexity index is 1140. The Morgan fingerprint density at radius 3 is 2.42 bits per heavy atom. The molecule has 2 amide bonds. The molecular formula is C20H24F3N5O4S. The third-order valence-electron chi connectivity index (χ3n) is 5.85. The Morgan fingerprint density at radius 2 is 1.91 bits per heavy atom. The van der Waals surface area contributed by atoms with Crippen LogP contribution in [0.3, 0.4) is 0 Å². The SMILES string of the molecule is Cn1cc(S(=O)(=O)[C@@](C)(F)C2CCN(C(=O)Cc3ccc(C(N)=O)nc3)CC2)c(C(F)F)n1. The van der Waals surface area contributed by atoms with Crippen molar-refractivity contribution < 1.29 is 31.2 Å². The lowest BCUT2D eigenvalue weighted by Crippen LogP contribution is -2.47. The number of piperidine rings is 1. The second-order valence-electron chi connectivity index (χ2n) is 8.09. The number of pyridine rings is 1. The zero-order valence-corrected chi connectivity index (χ0v) is 18.9. The van der Waals surface area contributed by atoms with Gasteiger partial charge in [-0.2, -0.15) is 5.10 Å². The van der Waals surface area contributed by atoms with E-state index in [4.69, 9.17) is 5.73 Å². The molecule has 180 valence electrons. The van der Waals surface area contributed by atoms with E-state index in [-0.39, 0.29) is 44.0 Å². The maximum atomic E-state index is 15.7. The van der Waals surface area contributed by atoms with E-state index in [1.54, 1.807) is 6.07 Å². The number of nitrogens with zero attached hydrogens (tertiary/aromatic N) is 4. The molecule has 0 bridgehead atoms. The number of sulfone groups is 1. The number of nitrogens with two attached hydrogens (primary N) is 1. The van der Waals surface area contributed by atoms with Crippen molar-refractivity contribution in [3.8, 4) is 0 Å². The predicted molar refractivity (Wildman–Crippen MR) is 111 cm³/mol. The first-order chi connectivity index (χ1) is 15.3. The van der Waals surface area contributed by atoms with Gasteiger partial charge < -0.3 is 10.6 Å². The number of primary amides is 1. The molecule has 1 saturated heterocycles. The van der Waals surface area contributed by atoms with Crippen molar-refractivity contribution in [3.63, 3.8) is 0 Å². The smallest absolute Gasteiger partial charge is 0.283 e. The van der Waals surface area contributed by atoms with Gasteiger partial charge in [-0.25, -0.2) is 21.6 Å². The van der Waals surface area contributed by atoms with Gasteiger partial charge in [0.1, 0.15) is 16.3 Å². The van der Waals surface area contributed by atoms with Crippen molar-refractivity contribution in [1.82, 2.24) is 19.7 Å². The van der Waals surface area contributed by atoms with E-state index in [1.165, 1.54) is 24.2 Å². The summed E-state index contributed by atoms with van der Waals surface area (Å²) in [6.45, 7) is 1.10. The van der Waals surface area contributed by atoms with Gasteiger partial charge in [0.2, 0.25) is 20.7 Å². The van der Waals surface area contributed by atoms with Crippen LogP contribution < -0.4 is 5.73 Å². The molecule has 1 aliphatic rings. The quantitative estimate of drug-likeness (QED) is 0.634. The van der Waals surface area contributed by atoms with Crippen molar-refractivity contribution in [1.29, 1.82) is 0 Å². The first-order valence-corrected chi connectivity index (χ1v) is 11.6. The summed E-state index contributed by atoms with van der Waals surface area (Å²) in [5.41, 5.74) is 4.77. The topological polar surface area (TPSA) is 128 Å². The number of carbonyl (C=O) groups is 2. The lowest BCUT2D eigenvalue weighted by molar-refractivity contribution is -0.132. The second kappa shape index (κ2) is 9.12. The number of carbonyl (C=O) groups excluding carboxylic acids is 2. The van der Waals surface area contributed by atoms with Gasteiger partial charge in [-0.05, 0) is 31.4 Å². The maximum Gasteiger partial charge on any atom is 0.283 e. The lowest BCUT2D eigenvalue weighted by Gasteiger charge is -2.37. The highest BCUT2D eigenvalue weighted by Crippen LogP contribution is 2.41. The molecule has 3 rings (SSSR count). The molecule has 2 aromatic rings. The summed E-state index contributed by atoms with van der Waals surface area (Å²) in [5.74, 6) is -1.95. The van der Waals surface area contributed by atoms with Crippen LogP contribution in [0.4, 0.5) is 13.2 Å². The minimum Gasteiger partial charge on any atom is -0.364 e. The molecule has 3 heterocycles. The standard InChI is InChI=1S/C20H24F3N5O4S/c1-20(23,33(31,32)15-11-27(2)26-17(15)18(21)22)13-5-7-28(8-6-13)16(29)9-12-3-4-14(19(24)30)25-10-12/h3-4,10-11,13,18H,5-9H2,1-2H3,(H2,24,30)/t20-/m1/s1. The Balaban J connectivity index is 1.68. The average Bonchev–Trinajstić information content (AvgIpc) is 3.17. The predicted octanol–water partition coefficient (Wildman–Crippen LogP) is 1.79. The van der Waals surface area contributed by atoms with Crippen molar-refractivity contribution >= 4 is 21.7 Å². The van der Waals surface area contributed by atoms with Crippen LogP contribution in [0.1, 0.15) is 47.9 Å². The molecule has 0 saturated carbocycles. The summed E-state index contributed by atoms with van der Waals surface area (Å²) >= 11 is 0. The number of rotatable bonds is 7. The third kappa shape index (κ3) is 4.87. The molecule has 2 N–H and O–H groups in total. The maximum absolute atomic E-state index is 15.7. The summed E-state index contributed by atoms with van der Waals surface area (Å²) in [7, 11) is -3.49. The van der Waals surface area contributed by atoms with Gasteiger partial charge in [0.25, 0.3) is 12.3 Å². The van der Waals surface area contributed by atoms with E-state index < -0.39 is 43.7 Å².